The Kier molecular flexibility index (Phi) is 6.46. The molecule has 0 aromatic heterocycles. The third kappa shape index (κ3) is 4.63. The number of nitrogens with one attached hydrogen (secondary N) is 1. The van der Waals surface area contributed by atoms with Gasteiger partial charge in [0.15, 0.2) is 0 Å². The van der Waals surface area contributed by atoms with Crippen LogP contribution in [0.5, 0.6) is 0 Å². The summed E-state index contributed by atoms with van der Waals surface area (Å²) in [7, 11) is 0. The summed E-state index contributed by atoms with van der Waals surface area (Å²) >= 11 is 15.8. The molecule has 1 aliphatic heterocycles. The Bertz CT molecular complexity index is 1290. The Morgan fingerprint density at radius 3 is 2.44 bits per heavy atom. The molecule has 0 aliphatic carbocycles. The number of barbiturate groups is 1. The quantitative estimate of drug-likeness (QED) is 0.332. The van der Waals surface area contributed by atoms with Gasteiger partial charge in [-0.25, -0.2) is 9.69 Å². The molecule has 0 unspecified atom stereocenters. The molecule has 8 heteroatoms. The molecule has 1 fully saturated rings. The van der Waals surface area contributed by atoms with E-state index in [1.165, 1.54) is 12.1 Å². The van der Waals surface area contributed by atoms with Crippen molar-refractivity contribution >= 4 is 68.7 Å². The molecule has 5 nitrogen and oxygen atoms in total. The maximum atomic E-state index is 13.2. The van der Waals surface area contributed by atoms with Gasteiger partial charge in [-0.2, -0.15) is 0 Å². The molecule has 0 radical (unpaired) electrons. The summed E-state index contributed by atoms with van der Waals surface area (Å²) in [4.78, 5) is 39.0. The van der Waals surface area contributed by atoms with Crippen LogP contribution < -0.4 is 10.2 Å². The molecule has 4 rings (SSSR count). The zero-order chi connectivity index (χ0) is 22.8. The molecule has 0 saturated carbocycles. The van der Waals surface area contributed by atoms with Crippen LogP contribution in [0.25, 0.3) is 6.08 Å². The van der Waals surface area contributed by atoms with Gasteiger partial charge in [-0.05, 0) is 65.6 Å². The fourth-order valence-electron chi connectivity index (χ4n) is 3.37. The topological polar surface area (TPSA) is 66.5 Å². The number of nitrogens with zero attached hydrogens (tertiary/aromatic N) is 1. The van der Waals surface area contributed by atoms with Crippen LogP contribution in [0.1, 0.15) is 16.7 Å². The number of amides is 4. The van der Waals surface area contributed by atoms with Gasteiger partial charge in [0.2, 0.25) is 0 Å². The van der Waals surface area contributed by atoms with Crippen molar-refractivity contribution in [3.05, 3.63) is 104 Å². The normalized spacial score (nSPS) is 15.3. The highest BCUT2D eigenvalue weighted by Crippen LogP contribution is 2.28. The van der Waals surface area contributed by atoms with Crippen molar-refractivity contribution in [2.24, 2.45) is 0 Å². The number of hydrogen-bond donors (Lipinski definition) is 1. The minimum atomic E-state index is -0.829. The molecule has 32 heavy (non-hydrogen) atoms. The lowest BCUT2D eigenvalue weighted by molar-refractivity contribution is -0.122. The molecule has 0 spiro atoms. The lowest BCUT2D eigenvalue weighted by Crippen LogP contribution is -2.54. The van der Waals surface area contributed by atoms with Crippen LogP contribution >= 0.6 is 39.1 Å². The summed E-state index contributed by atoms with van der Waals surface area (Å²) in [5, 5.41) is 3.21. The lowest BCUT2D eigenvalue weighted by atomic mass is 9.97. The average Bonchev–Trinajstić information content (AvgIpc) is 2.74. The van der Waals surface area contributed by atoms with Crippen molar-refractivity contribution in [2.75, 3.05) is 4.90 Å². The molecule has 1 aliphatic rings. The number of imide groups is 2. The number of halogens is 3. The first-order valence-electron chi connectivity index (χ1n) is 9.52. The van der Waals surface area contributed by atoms with E-state index >= 15 is 0 Å². The van der Waals surface area contributed by atoms with Crippen LogP contribution in [0.2, 0.25) is 10.0 Å². The van der Waals surface area contributed by atoms with E-state index in [9.17, 15) is 14.4 Å². The van der Waals surface area contributed by atoms with Gasteiger partial charge in [0.1, 0.15) is 5.57 Å². The third-order valence-electron chi connectivity index (χ3n) is 4.91. The van der Waals surface area contributed by atoms with Crippen LogP contribution in [0.3, 0.4) is 0 Å². The van der Waals surface area contributed by atoms with E-state index in [2.05, 4.69) is 21.2 Å². The van der Waals surface area contributed by atoms with Crippen LogP contribution in [-0.4, -0.2) is 17.8 Å². The maximum absolute atomic E-state index is 13.2. The first-order valence-corrected chi connectivity index (χ1v) is 11.1. The van der Waals surface area contributed by atoms with Crippen LogP contribution in [0, 0.1) is 0 Å². The van der Waals surface area contributed by atoms with Gasteiger partial charge in [-0.3, -0.25) is 14.9 Å². The van der Waals surface area contributed by atoms with E-state index in [1.54, 1.807) is 30.3 Å². The second kappa shape index (κ2) is 9.28. The molecule has 1 saturated heterocycles. The predicted molar refractivity (Wildman–Crippen MR) is 129 cm³/mol. The number of carbonyl (C=O) groups excluding carboxylic acids is 3. The van der Waals surface area contributed by atoms with E-state index in [-0.39, 0.29) is 11.3 Å². The Balaban J connectivity index is 1.76. The Hall–Kier alpha value is -2.93. The highest BCUT2D eigenvalue weighted by Gasteiger charge is 2.37. The van der Waals surface area contributed by atoms with Crippen molar-refractivity contribution in [3.8, 4) is 0 Å². The maximum Gasteiger partial charge on any atom is 0.335 e. The SMILES string of the molecule is O=C1NC(=O)N(c2cccc(Cl)c2)C(=O)/C1=C/c1cc(Br)ccc1Cc1ccccc1Cl. The van der Waals surface area contributed by atoms with E-state index in [4.69, 9.17) is 23.2 Å². The lowest BCUT2D eigenvalue weighted by Gasteiger charge is -2.26. The number of anilines is 1. The monoisotopic (exact) mass is 528 g/mol. The smallest absolute Gasteiger partial charge is 0.273 e. The first-order chi connectivity index (χ1) is 15.3. The molecule has 1 N–H and O–H groups in total. The summed E-state index contributed by atoms with van der Waals surface area (Å²) in [5.74, 6) is -1.49. The van der Waals surface area contributed by atoms with Crippen LogP contribution in [0.4, 0.5) is 10.5 Å². The Labute approximate surface area is 202 Å². The zero-order valence-electron chi connectivity index (χ0n) is 16.4. The molecule has 0 bridgehead atoms. The average molecular weight is 530 g/mol. The molecule has 160 valence electrons. The molecule has 1 heterocycles. The second-order valence-corrected chi connectivity index (χ2v) is 8.81. The van der Waals surface area contributed by atoms with Crippen molar-refractivity contribution in [1.82, 2.24) is 5.32 Å². The van der Waals surface area contributed by atoms with Gasteiger partial charge in [0.05, 0.1) is 5.69 Å². The number of hydrogen-bond acceptors (Lipinski definition) is 3. The fraction of sp³-hybridized carbons (Fsp3) is 0.0417. The Morgan fingerprint density at radius 1 is 0.906 bits per heavy atom. The van der Waals surface area contributed by atoms with Gasteiger partial charge in [-0.15, -0.1) is 0 Å². The highest BCUT2D eigenvalue weighted by molar-refractivity contribution is 9.10. The van der Waals surface area contributed by atoms with Crippen molar-refractivity contribution in [2.45, 2.75) is 6.42 Å². The van der Waals surface area contributed by atoms with E-state index in [0.29, 0.717) is 22.0 Å². The van der Waals surface area contributed by atoms with E-state index < -0.39 is 17.8 Å². The van der Waals surface area contributed by atoms with Gasteiger partial charge in [0, 0.05) is 14.5 Å². The van der Waals surface area contributed by atoms with Crippen LogP contribution in [-0.2, 0) is 16.0 Å². The minimum absolute atomic E-state index is 0.164. The standard InChI is InChI=1S/C24H15BrCl2N2O3/c25-17-9-8-14(10-15-4-1-2-7-21(15)27)16(11-17)12-20-22(30)28-24(32)29(23(20)31)19-6-3-5-18(26)13-19/h1-9,11-13H,10H2,(H,28,30,32)/b20-12+. The fourth-order valence-corrected chi connectivity index (χ4v) is 4.14. The minimum Gasteiger partial charge on any atom is -0.273 e. The number of urea groups is 1. The second-order valence-electron chi connectivity index (χ2n) is 7.05. The van der Waals surface area contributed by atoms with Crippen molar-refractivity contribution in [1.29, 1.82) is 0 Å². The molecule has 4 amide bonds. The zero-order valence-corrected chi connectivity index (χ0v) is 19.5. The molecule has 3 aromatic carbocycles. The molecular weight excluding hydrogens is 515 g/mol. The van der Waals surface area contributed by atoms with Gasteiger partial charge >= 0.3 is 6.03 Å². The van der Waals surface area contributed by atoms with Crippen molar-refractivity contribution < 1.29 is 14.4 Å². The Morgan fingerprint density at radius 2 is 1.69 bits per heavy atom. The molecule has 0 atom stereocenters. The van der Waals surface area contributed by atoms with Crippen LogP contribution in [0.15, 0.2) is 76.8 Å². The summed E-state index contributed by atoms with van der Waals surface area (Å²) in [6.07, 6.45) is 1.98. The largest absolute Gasteiger partial charge is 0.335 e. The van der Waals surface area contributed by atoms with Gasteiger partial charge in [0.25, 0.3) is 11.8 Å². The molecule has 3 aromatic rings. The number of benzene rings is 3. The summed E-state index contributed by atoms with van der Waals surface area (Å²) in [6.45, 7) is 0. The van der Waals surface area contributed by atoms with Gasteiger partial charge in [-0.1, -0.05) is 69.5 Å². The van der Waals surface area contributed by atoms with E-state index in [1.807, 2.05) is 30.3 Å². The van der Waals surface area contributed by atoms with E-state index in [0.717, 1.165) is 20.5 Å². The third-order valence-corrected chi connectivity index (χ3v) is 6.01. The highest BCUT2D eigenvalue weighted by atomic mass is 79.9. The number of rotatable bonds is 4. The van der Waals surface area contributed by atoms with Gasteiger partial charge < -0.3 is 0 Å². The molecular formula is C24H15BrCl2N2O3. The predicted octanol–water partition coefficient (Wildman–Crippen LogP) is 6.01. The number of carbonyl (C=O) groups is 3. The summed E-state index contributed by atoms with van der Waals surface area (Å²) < 4.78 is 0.777. The summed E-state index contributed by atoms with van der Waals surface area (Å²) in [6, 6.07) is 18.5. The van der Waals surface area contributed by atoms with Crippen molar-refractivity contribution in [3.63, 3.8) is 0 Å². The summed E-state index contributed by atoms with van der Waals surface area (Å²) in [5.41, 5.74) is 2.53. The first kappa shape index (κ1) is 22.3.